The molecule has 5 heteroatoms. The van der Waals surface area contributed by atoms with Crippen LogP contribution in [0.4, 0.5) is 0 Å². The van der Waals surface area contributed by atoms with Gasteiger partial charge in [-0.15, -0.1) is 11.6 Å². The van der Waals surface area contributed by atoms with E-state index in [1.54, 1.807) is 0 Å². The molecule has 0 saturated carbocycles. The summed E-state index contributed by atoms with van der Waals surface area (Å²) in [5.41, 5.74) is 2.66. The fourth-order valence-corrected chi connectivity index (χ4v) is 2.38. The molecule has 3 rings (SSSR count). The van der Waals surface area contributed by atoms with E-state index in [1.165, 1.54) is 0 Å². The highest BCUT2D eigenvalue weighted by Crippen LogP contribution is 2.25. The zero-order valence-electron chi connectivity index (χ0n) is 11.2. The van der Waals surface area contributed by atoms with Gasteiger partial charge in [0.1, 0.15) is 12.4 Å². The van der Waals surface area contributed by atoms with Gasteiger partial charge in [-0.1, -0.05) is 28.9 Å². The second kappa shape index (κ2) is 6.37. The number of hydrogen-bond acceptors (Lipinski definition) is 3. The standard InChI is InChI=1S/C16H13Cl2NO2/c17-8-7-15-14-9-13(5-6-16(14)21-19-15)20-10-11-1-3-12(18)4-2-11/h1-6,9H,7-8,10H2. The van der Waals surface area contributed by atoms with Gasteiger partial charge >= 0.3 is 0 Å². The van der Waals surface area contributed by atoms with Crippen LogP contribution in [0.25, 0.3) is 11.0 Å². The molecule has 108 valence electrons. The van der Waals surface area contributed by atoms with Crippen LogP contribution in [0, 0.1) is 0 Å². The highest BCUT2D eigenvalue weighted by atomic mass is 35.5. The lowest BCUT2D eigenvalue weighted by Crippen LogP contribution is -1.95. The minimum absolute atomic E-state index is 0.485. The molecule has 0 fully saturated rings. The zero-order valence-corrected chi connectivity index (χ0v) is 12.7. The van der Waals surface area contributed by atoms with Crippen LogP contribution in [0.15, 0.2) is 47.0 Å². The van der Waals surface area contributed by atoms with Crippen molar-refractivity contribution in [1.29, 1.82) is 0 Å². The fourth-order valence-electron chi connectivity index (χ4n) is 2.07. The fraction of sp³-hybridized carbons (Fsp3) is 0.188. The van der Waals surface area contributed by atoms with Gasteiger partial charge in [-0.3, -0.25) is 0 Å². The molecule has 0 aliphatic rings. The van der Waals surface area contributed by atoms with Gasteiger partial charge in [0.25, 0.3) is 0 Å². The van der Waals surface area contributed by atoms with E-state index in [-0.39, 0.29) is 0 Å². The molecule has 0 aliphatic carbocycles. The van der Waals surface area contributed by atoms with Crippen LogP contribution in [-0.2, 0) is 13.0 Å². The molecule has 0 radical (unpaired) electrons. The van der Waals surface area contributed by atoms with Gasteiger partial charge in [0.05, 0.1) is 5.69 Å². The largest absolute Gasteiger partial charge is 0.489 e. The maximum absolute atomic E-state index is 5.86. The maximum atomic E-state index is 5.86. The van der Waals surface area contributed by atoms with Crippen molar-refractivity contribution >= 4 is 34.2 Å². The molecule has 3 aromatic rings. The van der Waals surface area contributed by atoms with Crippen molar-refractivity contribution in [2.45, 2.75) is 13.0 Å². The Labute approximate surface area is 132 Å². The molecule has 2 aromatic carbocycles. The molecule has 0 unspecified atom stereocenters. The summed E-state index contributed by atoms with van der Waals surface area (Å²) in [6, 6.07) is 13.2. The van der Waals surface area contributed by atoms with Crippen LogP contribution in [0.5, 0.6) is 5.75 Å². The molecule has 0 bridgehead atoms. The lowest BCUT2D eigenvalue weighted by atomic mass is 10.2. The predicted molar refractivity (Wildman–Crippen MR) is 84.2 cm³/mol. The molecule has 21 heavy (non-hydrogen) atoms. The highest BCUT2D eigenvalue weighted by molar-refractivity contribution is 6.30. The maximum Gasteiger partial charge on any atom is 0.167 e. The van der Waals surface area contributed by atoms with E-state index in [0.717, 1.165) is 33.0 Å². The van der Waals surface area contributed by atoms with E-state index >= 15 is 0 Å². The number of fused-ring (bicyclic) bond motifs is 1. The first-order valence-corrected chi connectivity index (χ1v) is 7.49. The summed E-state index contributed by atoms with van der Waals surface area (Å²) in [5, 5.41) is 5.69. The Morgan fingerprint density at radius 3 is 2.67 bits per heavy atom. The van der Waals surface area contributed by atoms with E-state index in [9.17, 15) is 0 Å². The number of aryl methyl sites for hydroxylation is 1. The Hall–Kier alpha value is -1.71. The van der Waals surface area contributed by atoms with Crippen molar-refractivity contribution in [2.75, 3.05) is 5.88 Å². The first-order valence-electron chi connectivity index (χ1n) is 6.58. The number of hydrogen-bond donors (Lipinski definition) is 0. The summed E-state index contributed by atoms with van der Waals surface area (Å²) in [4.78, 5) is 0. The third kappa shape index (κ3) is 3.31. The number of halogens is 2. The van der Waals surface area contributed by atoms with Crippen LogP contribution in [0.2, 0.25) is 5.02 Å². The lowest BCUT2D eigenvalue weighted by molar-refractivity contribution is 0.306. The van der Waals surface area contributed by atoms with Crippen LogP contribution < -0.4 is 4.74 Å². The van der Waals surface area contributed by atoms with Crippen molar-refractivity contribution in [1.82, 2.24) is 5.16 Å². The first kappa shape index (κ1) is 14.2. The second-order valence-electron chi connectivity index (χ2n) is 4.64. The van der Waals surface area contributed by atoms with E-state index in [2.05, 4.69) is 5.16 Å². The minimum atomic E-state index is 0.485. The van der Waals surface area contributed by atoms with Crippen molar-refractivity contribution in [2.24, 2.45) is 0 Å². The first-order chi connectivity index (χ1) is 10.3. The van der Waals surface area contributed by atoms with Gasteiger partial charge < -0.3 is 9.26 Å². The van der Waals surface area contributed by atoms with E-state index in [4.69, 9.17) is 32.5 Å². The van der Waals surface area contributed by atoms with Crippen LogP contribution in [0.1, 0.15) is 11.3 Å². The topological polar surface area (TPSA) is 35.3 Å². The van der Waals surface area contributed by atoms with Gasteiger partial charge in [0.15, 0.2) is 5.58 Å². The summed E-state index contributed by atoms with van der Waals surface area (Å²) >= 11 is 11.6. The molecule has 0 atom stereocenters. The Balaban J connectivity index is 1.77. The van der Waals surface area contributed by atoms with Gasteiger partial charge in [-0.25, -0.2) is 0 Å². The summed E-state index contributed by atoms with van der Waals surface area (Å²) in [5.74, 6) is 1.29. The lowest BCUT2D eigenvalue weighted by Gasteiger charge is -2.06. The molecule has 3 nitrogen and oxygen atoms in total. The van der Waals surface area contributed by atoms with Crippen molar-refractivity contribution in [3.05, 3.63) is 58.7 Å². The monoisotopic (exact) mass is 321 g/mol. The summed E-state index contributed by atoms with van der Waals surface area (Å²) in [6.07, 6.45) is 0.676. The van der Waals surface area contributed by atoms with Gasteiger partial charge in [0.2, 0.25) is 0 Å². The summed E-state index contributed by atoms with van der Waals surface area (Å²) < 4.78 is 11.1. The predicted octanol–water partition coefficient (Wildman–Crippen LogP) is 4.84. The Bertz CT molecular complexity index is 738. The number of rotatable bonds is 5. The molecule has 1 aromatic heterocycles. The van der Waals surface area contributed by atoms with Gasteiger partial charge in [0, 0.05) is 22.7 Å². The van der Waals surface area contributed by atoms with Crippen LogP contribution >= 0.6 is 23.2 Å². The van der Waals surface area contributed by atoms with E-state index < -0.39 is 0 Å². The molecule has 0 amide bonds. The SMILES string of the molecule is ClCCc1noc2ccc(OCc3ccc(Cl)cc3)cc12. The normalized spacial score (nSPS) is 11.0. The molecule has 0 aliphatic heterocycles. The third-order valence-corrected chi connectivity index (χ3v) is 3.61. The number of benzene rings is 2. The number of nitrogens with zero attached hydrogens (tertiary/aromatic N) is 1. The van der Waals surface area contributed by atoms with Crippen LogP contribution in [0.3, 0.4) is 0 Å². The highest BCUT2D eigenvalue weighted by Gasteiger charge is 2.09. The number of ether oxygens (including phenoxy) is 1. The minimum Gasteiger partial charge on any atom is -0.489 e. The number of aromatic nitrogens is 1. The van der Waals surface area contributed by atoms with Crippen LogP contribution in [-0.4, -0.2) is 11.0 Å². The average molecular weight is 322 g/mol. The van der Waals surface area contributed by atoms with Crippen molar-refractivity contribution < 1.29 is 9.26 Å². The third-order valence-electron chi connectivity index (χ3n) is 3.17. The quantitative estimate of drug-likeness (QED) is 0.630. The number of alkyl halides is 1. The molecule has 1 heterocycles. The summed E-state index contributed by atoms with van der Waals surface area (Å²) in [7, 11) is 0. The summed E-state index contributed by atoms with van der Waals surface area (Å²) in [6.45, 7) is 0.485. The smallest absolute Gasteiger partial charge is 0.167 e. The van der Waals surface area contributed by atoms with E-state index in [0.29, 0.717) is 18.9 Å². The van der Waals surface area contributed by atoms with Gasteiger partial charge in [-0.2, -0.15) is 0 Å². The van der Waals surface area contributed by atoms with Crippen molar-refractivity contribution in [3.8, 4) is 5.75 Å². The molecular formula is C16H13Cl2NO2. The molecular weight excluding hydrogens is 309 g/mol. The van der Waals surface area contributed by atoms with E-state index in [1.807, 2.05) is 42.5 Å². The molecule has 0 saturated heterocycles. The molecule has 0 spiro atoms. The Morgan fingerprint density at radius 2 is 1.90 bits per heavy atom. The second-order valence-corrected chi connectivity index (χ2v) is 5.46. The van der Waals surface area contributed by atoms with Crippen molar-refractivity contribution in [3.63, 3.8) is 0 Å². The zero-order chi connectivity index (χ0) is 14.7. The Kier molecular flexibility index (Phi) is 4.32. The Morgan fingerprint density at radius 1 is 1.10 bits per heavy atom. The average Bonchev–Trinajstić information content (AvgIpc) is 2.90. The van der Waals surface area contributed by atoms with Gasteiger partial charge in [-0.05, 0) is 35.9 Å². The molecule has 0 N–H and O–H groups in total.